The molecule has 2 heterocycles. The van der Waals surface area contributed by atoms with Crippen molar-refractivity contribution in [1.82, 2.24) is 9.46 Å². The van der Waals surface area contributed by atoms with Gasteiger partial charge in [-0.15, -0.1) is 13.2 Å². The van der Waals surface area contributed by atoms with Crippen molar-refractivity contribution in [2.45, 2.75) is 127 Å². The quantitative estimate of drug-likeness (QED) is 0.186. The van der Waals surface area contributed by atoms with Crippen LogP contribution in [0, 0.1) is 26.2 Å². The van der Waals surface area contributed by atoms with E-state index in [4.69, 9.17) is 4.98 Å². The molecule has 45 heavy (non-hydrogen) atoms. The van der Waals surface area contributed by atoms with Crippen LogP contribution in [0.5, 0.6) is 0 Å². The first-order chi connectivity index (χ1) is 21.2. The van der Waals surface area contributed by atoms with Crippen molar-refractivity contribution in [3.63, 3.8) is 0 Å². The molecular weight excluding hydrogens is 545 g/mol. The van der Waals surface area contributed by atoms with Gasteiger partial charge in [0.15, 0.2) is 0 Å². The third-order valence-corrected chi connectivity index (χ3v) is 11.3. The van der Waals surface area contributed by atoms with Crippen LogP contribution in [0.15, 0.2) is 55.6 Å². The number of aromatic nitrogens is 2. The van der Waals surface area contributed by atoms with E-state index in [0.717, 1.165) is 17.8 Å². The lowest BCUT2D eigenvalue weighted by Gasteiger charge is -2.44. The number of nitrogens with one attached hydrogen (secondary N) is 1. The summed E-state index contributed by atoms with van der Waals surface area (Å²) in [6, 6.07) is 16.3. The molecule has 1 unspecified atom stereocenters. The minimum atomic E-state index is -0.0196. The maximum atomic E-state index is 5.49. The van der Waals surface area contributed by atoms with Crippen LogP contribution < -0.4 is 10.7 Å². The molecule has 1 aliphatic heterocycles. The van der Waals surface area contributed by atoms with Crippen molar-refractivity contribution in [2.75, 3.05) is 5.23 Å². The highest BCUT2D eigenvalue weighted by Gasteiger charge is 2.57. The molecule has 6 rings (SSSR count). The second-order valence-corrected chi connectivity index (χ2v) is 14.0. The molecule has 1 atom stereocenters. The van der Waals surface area contributed by atoms with Gasteiger partial charge in [-0.3, -0.25) is 0 Å². The predicted molar refractivity (Wildman–Crippen MR) is 203 cm³/mol. The molecule has 0 radical (unpaired) electrons. The maximum Gasteiger partial charge on any atom is 0.415 e. The van der Waals surface area contributed by atoms with E-state index in [1.807, 2.05) is 27.7 Å². The van der Waals surface area contributed by atoms with Gasteiger partial charge in [-0.25, -0.2) is 4.98 Å². The zero-order valence-corrected chi connectivity index (χ0v) is 31.2. The zero-order chi connectivity index (χ0) is 34.2. The largest absolute Gasteiger partial charge is 0.415 e. The van der Waals surface area contributed by atoms with Gasteiger partial charge in [0.2, 0.25) is 0 Å². The molecular formula is C41H60BN3. The fourth-order valence-corrected chi connectivity index (χ4v) is 7.67. The summed E-state index contributed by atoms with van der Waals surface area (Å²) in [5.41, 5.74) is 14.6. The lowest BCUT2D eigenvalue weighted by molar-refractivity contribution is 0.125. The van der Waals surface area contributed by atoms with Gasteiger partial charge >= 0.3 is 6.98 Å². The number of imidazole rings is 1. The highest BCUT2D eigenvalue weighted by Crippen LogP contribution is 2.62. The van der Waals surface area contributed by atoms with E-state index in [2.05, 4.69) is 141 Å². The number of rotatable bonds is 3. The number of anilines is 1. The average molecular weight is 606 g/mol. The molecule has 1 aliphatic carbocycles. The van der Waals surface area contributed by atoms with E-state index in [-0.39, 0.29) is 23.2 Å². The van der Waals surface area contributed by atoms with Crippen LogP contribution in [0.3, 0.4) is 0 Å². The highest BCUT2D eigenvalue weighted by molar-refractivity contribution is 6.77. The standard InChI is InChI=1S/C35H44BN3.2C2H6.C2H4/c1-12-21(3)24-14-13-15-27-30(24)32-37-28-18-25-26(34(8,9)35(10,11)33(25,6)7)19-29(28)39(32)36(38-27)31-22(4)16-20(2)17-23(31)5;3*1-2/h13-19,21,38H,12H2,1-11H3;2*1-2H3;1-2H2. The van der Waals surface area contributed by atoms with Gasteiger partial charge < -0.3 is 9.71 Å². The summed E-state index contributed by atoms with van der Waals surface area (Å²) in [4.78, 5) is 5.49. The summed E-state index contributed by atoms with van der Waals surface area (Å²) in [6.07, 6.45) is 1.10. The molecule has 242 valence electrons. The monoisotopic (exact) mass is 605 g/mol. The molecule has 0 bridgehead atoms. The SMILES string of the molecule is C=C.CC.CC.CCC(C)c1cccc2c1-c1nc3cc4c(cc3n1B(c1c(C)cc(C)cc1C)N2)C(C)(C)C(C)(C)C4(C)C. The normalized spacial score (nSPS) is 16.7. The Bertz CT molecular complexity index is 1650. The molecule has 3 aromatic carbocycles. The van der Waals surface area contributed by atoms with Gasteiger partial charge in [0.1, 0.15) is 5.82 Å². The number of hydrogen-bond donors (Lipinski definition) is 1. The van der Waals surface area contributed by atoms with Crippen LogP contribution in [0.25, 0.3) is 22.4 Å². The van der Waals surface area contributed by atoms with Gasteiger partial charge in [-0.05, 0) is 89.7 Å². The second-order valence-electron chi connectivity index (χ2n) is 14.0. The van der Waals surface area contributed by atoms with E-state index >= 15 is 0 Å². The van der Waals surface area contributed by atoms with Crippen molar-refractivity contribution in [2.24, 2.45) is 5.41 Å². The molecule has 4 aromatic rings. The van der Waals surface area contributed by atoms with Gasteiger partial charge in [0.05, 0.1) is 11.0 Å². The van der Waals surface area contributed by atoms with Crippen molar-refractivity contribution >= 4 is 29.2 Å². The summed E-state index contributed by atoms with van der Waals surface area (Å²) in [6.45, 7) is 39.9. The number of fused-ring (bicyclic) bond motifs is 6. The van der Waals surface area contributed by atoms with E-state index in [9.17, 15) is 0 Å². The molecule has 1 N–H and O–H groups in total. The summed E-state index contributed by atoms with van der Waals surface area (Å²) in [5.74, 6) is 1.55. The minimum Gasteiger partial charge on any atom is -0.404 e. The summed E-state index contributed by atoms with van der Waals surface area (Å²) in [5, 5.41) is 4.01. The Kier molecular flexibility index (Phi) is 10.6. The number of aryl methyl sites for hydroxylation is 3. The first kappa shape index (κ1) is 36.2. The molecule has 1 aromatic heterocycles. The summed E-state index contributed by atoms with van der Waals surface area (Å²) < 4.78 is 2.52. The van der Waals surface area contributed by atoms with Crippen molar-refractivity contribution < 1.29 is 0 Å². The average Bonchev–Trinajstić information content (AvgIpc) is 3.44. The smallest absolute Gasteiger partial charge is 0.404 e. The van der Waals surface area contributed by atoms with Crippen LogP contribution >= 0.6 is 0 Å². The fourth-order valence-electron chi connectivity index (χ4n) is 7.67. The van der Waals surface area contributed by atoms with Gasteiger partial charge in [-0.2, -0.15) is 0 Å². The van der Waals surface area contributed by atoms with Gasteiger partial charge in [0.25, 0.3) is 0 Å². The Labute approximate surface area is 276 Å². The number of benzene rings is 3. The fraction of sp³-hybridized carbons (Fsp3) is 0.488. The van der Waals surface area contributed by atoms with Crippen LogP contribution in [-0.2, 0) is 10.8 Å². The van der Waals surface area contributed by atoms with Gasteiger partial charge in [0, 0.05) is 11.3 Å². The number of hydrogen-bond acceptors (Lipinski definition) is 2. The van der Waals surface area contributed by atoms with Gasteiger partial charge in [-0.1, -0.05) is 124 Å². The topological polar surface area (TPSA) is 29.9 Å². The Hall–Kier alpha value is -3.27. The first-order valence-corrected chi connectivity index (χ1v) is 17.3. The Morgan fingerprint density at radius 2 is 1.38 bits per heavy atom. The molecule has 0 amide bonds. The summed E-state index contributed by atoms with van der Waals surface area (Å²) >= 11 is 0. The Morgan fingerprint density at radius 1 is 0.844 bits per heavy atom. The van der Waals surface area contributed by atoms with Crippen molar-refractivity contribution in [3.05, 3.63) is 89.0 Å². The van der Waals surface area contributed by atoms with Crippen molar-refractivity contribution in [3.8, 4) is 11.4 Å². The van der Waals surface area contributed by atoms with Crippen LogP contribution in [0.2, 0.25) is 0 Å². The zero-order valence-electron chi connectivity index (χ0n) is 31.2. The third kappa shape index (κ3) is 5.36. The van der Waals surface area contributed by atoms with Crippen LogP contribution in [0.1, 0.15) is 129 Å². The van der Waals surface area contributed by atoms with Crippen LogP contribution in [0.4, 0.5) is 5.69 Å². The summed E-state index contributed by atoms with van der Waals surface area (Å²) in [7, 11) is 0. The van der Waals surface area contributed by atoms with E-state index < -0.39 is 0 Å². The Balaban J connectivity index is 0.000000870. The lowest BCUT2D eigenvalue weighted by atomic mass is 9.59. The molecule has 0 saturated carbocycles. The predicted octanol–water partition coefficient (Wildman–Crippen LogP) is 11.3. The van der Waals surface area contributed by atoms with E-state index in [1.54, 1.807) is 0 Å². The first-order valence-electron chi connectivity index (χ1n) is 17.3. The molecule has 3 nitrogen and oxygen atoms in total. The van der Waals surface area contributed by atoms with E-state index in [0.29, 0.717) is 5.92 Å². The van der Waals surface area contributed by atoms with E-state index in [1.165, 1.54) is 55.6 Å². The van der Waals surface area contributed by atoms with Crippen molar-refractivity contribution in [1.29, 1.82) is 0 Å². The highest BCUT2D eigenvalue weighted by atomic mass is 15.1. The minimum absolute atomic E-state index is 0.0196. The Morgan fingerprint density at radius 3 is 1.91 bits per heavy atom. The second kappa shape index (κ2) is 13.2. The molecule has 2 aliphatic rings. The molecule has 0 saturated heterocycles. The third-order valence-electron chi connectivity index (χ3n) is 11.3. The molecule has 0 spiro atoms. The molecule has 0 fully saturated rings. The number of nitrogens with zero attached hydrogens (tertiary/aromatic N) is 2. The lowest BCUT2D eigenvalue weighted by Crippen LogP contribution is -2.50. The van der Waals surface area contributed by atoms with Crippen LogP contribution in [-0.4, -0.2) is 16.4 Å². The maximum absolute atomic E-state index is 5.49. The molecule has 4 heteroatoms.